The molecule has 1 aromatic carbocycles. The van der Waals surface area contributed by atoms with Crippen LogP contribution in [0.25, 0.3) is 10.9 Å². The molecule has 0 aliphatic heterocycles. The lowest BCUT2D eigenvalue weighted by Gasteiger charge is -2.04. The van der Waals surface area contributed by atoms with Crippen molar-refractivity contribution in [1.82, 2.24) is 4.98 Å². The number of hydrogen-bond acceptors (Lipinski definition) is 3. The Morgan fingerprint density at radius 3 is 2.71 bits per heavy atom. The summed E-state index contributed by atoms with van der Waals surface area (Å²) < 4.78 is 5.53. The quantitative estimate of drug-likeness (QED) is 0.659. The van der Waals surface area contributed by atoms with E-state index >= 15 is 0 Å². The Kier molecular flexibility index (Phi) is 2.89. The predicted molar refractivity (Wildman–Crippen MR) is 64.3 cm³/mol. The third-order valence-electron chi connectivity index (χ3n) is 2.19. The van der Waals surface area contributed by atoms with Crippen molar-refractivity contribution in [3.8, 4) is 5.75 Å². The number of hydrogen-bond donors (Lipinski definition) is 2. The van der Waals surface area contributed by atoms with Crippen LogP contribution in [0.4, 0.5) is 0 Å². The maximum Gasteiger partial charge on any atom is 0.352 e. The van der Waals surface area contributed by atoms with Crippen LogP contribution in [0, 0.1) is 0 Å². The molecule has 0 aliphatic rings. The number of benzene rings is 1. The molecule has 2 N–H and O–H groups in total. The second kappa shape index (κ2) is 4.21. The number of aromatic amines is 1. The highest BCUT2D eigenvalue weighted by atomic mass is 79.9. The minimum Gasteiger partial charge on any atom is -0.477 e. The molecule has 0 unspecified atom stereocenters. The predicted octanol–water partition coefficient (Wildman–Crippen LogP) is 2.55. The lowest BCUT2D eigenvalue weighted by Crippen LogP contribution is -2.01. The molecule has 0 fully saturated rings. The van der Waals surface area contributed by atoms with Gasteiger partial charge in [0.2, 0.25) is 0 Å². The average molecular weight is 298 g/mol. The molecule has 0 bridgehead atoms. The molecule has 0 amide bonds. The van der Waals surface area contributed by atoms with Gasteiger partial charge >= 0.3 is 11.9 Å². The Labute approximate surface area is 105 Å². The van der Waals surface area contributed by atoms with Gasteiger partial charge < -0.3 is 14.8 Å². The van der Waals surface area contributed by atoms with Gasteiger partial charge in [-0.2, -0.15) is 0 Å². The highest BCUT2D eigenvalue weighted by Gasteiger charge is 2.13. The van der Waals surface area contributed by atoms with Gasteiger partial charge in [-0.15, -0.1) is 0 Å². The number of nitrogens with one attached hydrogen (secondary N) is 1. The zero-order valence-electron chi connectivity index (χ0n) is 8.78. The van der Waals surface area contributed by atoms with Crippen molar-refractivity contribution in [1.29, 1.82) is 0 Å². The van der Waals surface area contributed by atoms with Crippen LogP contribution >= 0.6 is 15.9 Å². The van der Waals surface area contributed by atoms with Crippen LogP contribution in [0.2, 0.25) is 0 Å². The van der Waals surface area contributed by atoms with E-state index in [-0.39, 0.29) is 5.69 Å². The zero-order valence-corrected chi connectivity index (χ0v) is 10.4. The monoisotopic (exact) mass is 297 g/mol. The molecule has 6 heteroatoms. The molecule has 2 rings (SSSR count). The number of carboxylic acid groups (broad SMARTS) is 1. The molecule has 0 radical (unpaired) electrons. The molecular formula is C11H8BrNO4. The Balaban J connectivity index is 2.58. The van der Waals surface area contributed by atoms with E-state index in [1.165, 1.54) is 13.0 Å². The summed E-state index contributed by atoms with van der Waals surface area (Å²) >= 11 is 3.28. The average Bonchev–Trinajstić information content (AvgIpc) is 2.66. The first-order chi connectivity index (χ1) is 7.99. The standard InChI is InChI=1S/C11H8BrNO4/c1-5(14)17-9-3-2-7-6(10(9)12)4-8(13-7)11(15)16/h2-4,13H,1H3,(H,15,16). The maximum atomic E-state index is 10.9. The van der Waals surface area contributed by atoms with Crippen molar-refractivity contribution in [2.75, 3.05) is 0 Å². The second-order valence-electron chi connectivity index (χ2n) is 3.42. The fourth-order valence-corrected chi connectivity index (χ4v) is 2.04. The fraction of sp³-hybridized carbons (Fsp3) is 0.0909. The number of carbonyl (C=O) groups is 2. The van der Waals surface area contributed by atoms with E-state index in [0.717, 1.165) is 0 Å². The van der Waals surface area contributed by atoms with E-state index in [1.54, 1.807) is 12.1 Å². The molecule has 17 heavy (non-hydrogen) atoms. The van der Waals surface area contributed by atoms with Gasteiger partial charge in [-0.05, 0) is 34.1 Å². The van der Waals surface area contributed by atoms with E-state index < -0.39 is 11.9 Å². The van der Waals surface area contributed by atoms with Crippen LogP contribution in [0.15, 0.2) is 22.7 Å². The summed E-state index contributed by atoms with van der Waals surface area (Å²) in [5.41, 5.74) is 0.742. The van der Waals surface area contributed by atoms with Crippen LogP contribution < -0.4 is 4.74 Å². The Hall–Kier alpha value is -1.82. The lowest BCUT2D eigenvalue weighted by molar-refractivity contribution is -0.131. The van der Waals surface area contributed by atoms with Gasteiger partial charge in [-0.1, -0.05) is 0 Å². The van der Waals surface area contributed by atoms with E-state index in [1.807, 2.05) is 0 Å². The smallest absolute Gasteiger partial charge is 0.352 e. The SMILES string of the molecule is CC(=O)Oc1ccc2[nH]c(C(=O)O)cc2c1Br. The number of aromatic carboxylic acids is 1. The highest BCUT2D eigenvalue weighted by molar-refractivity contribution is 9.10. The summed E-state index contributed by atoms with van der Waals surface area (Å²) in [4.78, 5) is 24.4. The highest BCUT2D eigenvalue weighted by Crippen LogP contribution is 2.33. The summed E-state index contributed by atoms with van der Waals surface area (Å²) in [6, 6.07) is 4.73. The van der Waals surface area contributed by atoms with Crippen molar-refractivity contribution in [3.05, 3.63) is 28.4 Å². The first-order valence-corrected chi connectivity index (χ1v) is 5.51. The molecule has 1 aromatic heterocycles. The van der Waals surface area contributed by atoms with E-state index in [9.17, 15) is 9.59 Å². The molecule has 5 nitrogen and oxygen atoms in total. The van der Waals surface area contributed by atoms with E-state index in [4.69, 9.17) is 9.84 Å². The van der Waals surface area contributed by atoms with Gasteiger partial charge in [0, 0.05) is 17.8 Å². The van der Waals surface area contributed by atoms with Gasteiger partial charge in [0.05, 0.1) is 4.47 Å². The number of H-pyrrole nitrogens is 1. The molecule has 0 aliphatic carbocycles. The number of rotatable bonds is 2. The molecule has 88 valence electrons. The van der Waals surface area contributed by atoms with Crippen LogP contribution in [0.5, 0.6) is 5.75 Å². The first kappa shape index (κ1) is 11.7. The minimum atomic E-state index is -1.04. The molecule has 0 atom stereocenters. The summed E-state index contributed by atoms with van der Waals surface area (Å²) in [7, 11) is 0. The van der Waals surface area contributed by atoms with Crippen LogP contribution in [-0.4, -0.2) is 22.0 Å². The number of halogens is 1. The number of carbonyl (C=O) groups excluding carboxylic acids is 1. The van der Waals surface area contributed by atoms with Gasteiger partial charge in [-0.25, -0.2) is 4.79 Å². The summed E-state index contributed by atoms with van der Waals surface area (Å²) in [5.74, 6) is -1.11. The lowest BCUT2D eigenvalue weighted by atomic mass is 10.2. The minimum absolute atomic E-state index is 0.0840. The van der Waals surface area contributed by atoms with Crippen molar-refractivity contribution in [2.45, 2.75) is 6.92 Å². The normalized spacial score (nSPS) is 10.5. The van der Waals surface area contributed by atoms with Gasteiger partial charge in [0.1, 0.15) is 11.4 Å². The number of aromatic nitrogens is 1. The largest absolute Gasteiger partial charge is 0.477 e. The van der Waals surface area contributed by atoms with Gasteiger partial charge in [-0.3, -0.25) is 4.79 Å². The Morgan fingerprint density at radius 2 is 2.12 bits per heavy atom. The maximum absolute atomic E-state index is 10.9. The van der Waals surface area contributed by atoms with Crippen molar-refractivity contribution < 1.29 is 19.4 Å². The van der Waals surface area contributed by atoms with Crippen LogP contribution in [0.1, 0.15) is 17.4 Å². The molecule has 0 saturated carbocycles. The summed E-state index contributed by atoms with van der Waals surface area (Å²) in [6.07, 6.45) is 0. The molecule has 0 saturated heterocycles. The third kappa shape index (κ3) is 2.16. The summed E-state index contributed by atoms with van der Waals surface area (Å²) in [6.45, 7) is 1.30. The third-order valence-corrected chi connectivity index (χ3v) is 3.00. The molecule has 1 heterocycles. The van der Waals surface area contributed by atoms with E-state index in [0.29, 0.717) is 21.1 Å². The molecule has 2 aromatic rings. The van der Waals surface area contributed by atoms with Crippen molar-refractivity contribution >= 4 is 38.8 Å². The first-order valence-electron chi connectivity index (χ1n) is 4.72. The molecular weight excluding hydrogens is 290 g/mol. The van der Waals surface area contributed by atoms with Crippen LogP contribution in [-0.2, 0) is 4.79 Å². The summed E-state index contributed by atoms with van der Waals surface area (Å²) in [5, 5.41) is 9.51. The van der Waals surface area contributed by atoms with E-state index in [2.05, 4.69) is 20.9 Å². The molecule has 0 spiro atoms. The van der Waals surface area contributed by atoms with Crippen LogP contribution in [0.3, 0.4) is 0 Å². The topological polar surface area (TPSA) is 79.4 Å². The second-order valence-corrected chi connectivity index (χ2v) is 4.21. The number of ether oxygens (including phenoxy) is 1. The van der Waals surface area contributed by atoms with Crippen molar-refractivity contribution in [3.63, 3.8) is 0 Å². The number of carboxylic acids is 1. The van der Waals surface area contributed by atoms with Crippen molar-refractivity contribution in [2.24, 2.45) is 0 Å². The number of esters is 1. The Bertz CT molecular complexity index is 617. The zero-order chi connectivity index (χ0) is 12.6. The Morgan fingerprint density at radius 1 is 1.41 bits per heavy atom. The van der Waals surface area contributed by atoms with Gasteiger partial charge in [0.15, 0.2) is 0 Å². The van der Waals surface area contributed by atoms with Gasteiger partial charge in [0.25, 0.3) is 0 Å². The number of fused-ring (bicyclic) bond motifs is 1. The fourth-order valence-electron chi connectivity index (χ4n) is 1.50.